The van der Waals surface area contributed by atoms with Gasteiger partial charge in [-0.05, 0) is 43.4 Å². The number of nitrogens with one attached hydrogen (secondary N) is 1. The fraction of sp³-hybridized carbons (Fsp3) is 0.350. The van der Waals surface area contributed by atoms with Gasteiger partial charge in [0.25, 0.3) is 10.0 Å². The number of fused-ring (bicyclic) bond motifs is 3. The van der Waals surface area contributed by atoms with E-state index in [9.17, 15) is 13.5 Å². The van der Waals surface area contributed by atoms with Crippen LogP contribution in [0.4, 0.5) is 11.4 Å². The summed E-state index contributed by atoms with van der Waals surface area (Å²) in [7, 11) is -3.75. The Morgan fingerprint density at radius 1 is 1.14 bits per heavy atom. The summed E-state index contributed by atoms with van der Waals surface area (Å²) in [5.74, 6) is 0.752. The first kappa shape index (κ1) is 17.5. The molecule has 0 unspecified atom stereocenters. The van der Waals surface area contributed by atoms with Gasteiger partial charge in [0.05, 0.1) is 28.6 Å². The third kappa shape index (κ3) is 2.59. The molecule has 3 aromatic rings. The van der Waals surface area contributed by atoms with Gasteiger partial charge < -0.3 is 16.2 Å². The fourth-order valence-electron chi connectivity index (χ4n) is 4.80. The summed E-state index contributed by atoms with van der Waals surface area (Å²) >= 11 is 0. The number of hydrogen-bond acceptors (Lipinski definition) is 6. The minimum atomic E-state index is -3.75. The molecule has 2 saturated carbocycles. The third-order valence-electron chi connectivity index (χ3n) is 6.12. The molecule has 2 aromatic heterocycles. The second kappa shape index (κ2) is 6.22. The number of aromatic nitrogens is 2. The zero-order valence-corrected chi connectivity index (χ0v) is 16.0. The van der Waals surface area contributed by atoms with E-state index in [4.69, 9.17) is 5.73 Å². The summed E-state index contributed by atoms with van der Waals surface area (Å²) in [6.45, 7) is 0. The Balaban J connectivity index is 1.56. The van der Waals surface area contributed by atoms with Crippen LogP contribution < -0.4 is 11.1 Å². The summed E-state index contributed by atoms with van der Waals surface area (Å²) in [5, 5.41) is 14.4. The molecule has 7 nitrogen and oxygen atoms in total. The van der Waals surface area contributed by atoms with E-state index in [1.165, 1.54) is 16.4 Å². The molecule has 0 radical (unpaired) electrons. The predicted molar refractivity (Wildman–Crippen MR) is 107 cm³/mol. The van der Waals surface area contributed by atoms with E-state index in [-0.39, 0.29) is 23.0 Å². The minimum Gasteiger partial charge on any atom is -0.396 e. The number of benzene rings is 1. The number of pyridine rings is 1. The predicted octanol–water partition coefficient (Wildman–Crippen LogP) is 2.43. The average Bonchev–Trinajstić information content (AvgIpc) is 3.38. The van der Waals surface area contributed by atoms with Crippen LogP contribution in [0.5, 0.6) is 0 Å². The number of aliphatic hydroxyl groups excluding tert-OH is 1. The Bertz CT molecular complexity index is 1140. The van der Waals surface area contributed by atoms with Crippen LogP contribution in [0.15, 0.2) is 53.7 Å². The van der Waals surface area contributed by atoms with E-state index in [2.05, 4.69) is 10.3 Å². The van der Waals surface area contributed by atoms with Gasteiger partial charge in [0, 0.05) is 23.5 Å². The van der Waals surface area contributed by atoms with E-state index in [1.807, 2.05) is 0 Å². The molecule has 0 aliphatic heterocycles. The van der Waals surface area contributed by atoms with Gasteiger partial charge in [-0.2, -0.15) is 0 Å². The maximum atomic E-state index is 13.0. The van der Waals surface area contributed by atoms with Crippen molar-refractivity contribution in [2.24, 2.45) is 11.8 Å². The first-order chi connectivity index (χ1) is 13.4. The molecule has 2 aliphatic carbocycles. The van der Waals surface area contributed by atoms with Crippen LogP contribution in [0.3, 0.4) is 0 Å². The van der Waals surface area contributed by atoms with Crippen LogP contribution in [0, 0.1) is 11.8 Å². The van der Waals surface area contributed by atoms with Gasteiger partial charge in [0.1, 0.15) is 0 Å². The molecule has 2 fully saturated rings. The van der Waals surface area contributed by atoms with Crippen molar-refractivity contribution in [2.45, 2.75) is 36.3 Å². The largest absolute Gasteiger partial charge is 0.396 e. The van der Waals surface area contributed by atoms with Crippen LogP contribution in [0.2, 0.25) is 0 Å². The zero-order valence-electron chi connectivity index (χ0n) is 15.2. The molecule has 8 heteroatoms. The lowest BCUT2D eigenvalue weighted by Gasteiger charge is -2.28. The standard InChI is InChI=1S/C20H22N4O3S/c21-16-11-22-20-14(19(16)23-17-9-12-8-15(17)18(25)10-12)6-7-24(20)28(26,27)13-4-2-1-3-5-13/h1-7,11-12,15,17-18,25H,8-10,21H2,(H,22,23)/t12-,15+,17+,18-/m0/s1. The second-order valence-corrected chi connectivity index (χ2v) is 9.63. The summed E-state index contributed by atoms with van der Waals surface area (Å²) in [4.78, 5) is 4.51. The number of aliphatic hydroxyl groups is 1. The van der Waals surface area contributed by atoms with E-state index in [0.29, 0.717) is 28.3 Å². The molecule has 4 N–H and O–H groups in total. The highest BCUT2D eigenvalue weighted by Gasteiger charge is 2.45. The zero-order chi connectivity index (χ0) is 19.5. The molecule has 2 aliphatic rings. The van der Waals surface area contributed by atoms with Gasteiger partial charge >= 0.3 is 0 Å². The average molecular weight is 398 g/mol. The summed E-state index contributed by atoms with van der Waals surface area (Å²) in [6.07, 6.45) is 5.61. The Morgan fingerprint density at radius 2 is 1.93 bits per heavy atom. The van der Waals surface area contributed by atoms with Gasteiger partial charge in [-0.1, -0.05) is 18.2 Å². The lowest BCUT2D eigenvalue weighted by Crippen LogP contribution is -2.34. The molecule has 2 bridgehead atoms. The van der Waals surface area contributed by atoms with E-state index >= 15 is 0 Å². The van der Waals surface area contributed by atoms with Crippen LogP contribution >= 0.6 is 0 Å². The van der Waals surface area contributed by atoms with Gasteiger partial charge in [-0.25, -0.2) is 17.4 Å². The smallest absolute Gasteiger partial charge is 0.269 e. The van der Waals surface area contributed by atoms with Gasteiger partial charge in [0.2, 0.25) is 0 Å². The molecular weight excluding hydrogens is 376 g/mol. The number of anilines is 2. The molecular formula is C20H22N4O3S. The Labute approximate surface area is 163 Å². The van der Waals surface area contributed by atoms with E-state index < -0.39 is 10.0 Å². The second-order valence-electron chi connectivity index (χ2n) is 7.81. The molecule has 0 amide bonds. The maximum absolute atomic E-state index is 13.0. The van der Waals surface area contributed by atoms with Crippen LogP contribution in [-0.4, -0.2) is 34.6 Å². The highest BCUT2D eigenvalue weighted by Crippen LogP contribution is 2.46. The molecule has 5 rings (SSSR count). The first-order valence-electron chi connectivity index (χ1n) is 9.46. The van der Waals surface area contributed by atoms with Crippen molar-refractivity contribution >= 4 is 32.4 Å². The summed E-state index contributed by atoms with van der Waals surface area (Å²) < 4.78 is 27.3. The van der Waals surface area contributed by atoms with Crippen LogP contribution in [0.25, 0.3) is 11.0 Å². The normalized spacial score (nSPS) is 26.8. The highest BCUT2D eigenvalue weighted by molar-refractivity contribution is 7.90. The number of nitrogen functional groups attached to an aromatic ring is 1. The fourth-order valence-corrected chi connectivity index (χ4v) is 6.13. The van der Waals surface area contributed by atoms with Crippen molar-refractivity contribution in [1.82, 2.24) is 8.96 Å². The first-order valence-corrected chi connectivity index (χ1v) is 10.9. The Morgan fingerprint density at radius 3 is 2.64 bits per heavy atom. The quantitative estimate of drug-likeness (QED) is 0.623. The summed E-state index contributed by atoms with van der Waals surface area (Å²) in [5.41, 5.74) is 7.68. The number of nitrogens with zero attached hydrogens (tertiary/aromatic N) is 2. The number of hydrogen-bond donors (Lipinski definition) is 3. The summed E-state index contributed by atoms with van der Waals surface area (Å²) in [6, 6.07) is 10.1. The number of nitrogens with two attached hydrogens (primary N) is 1. The van der Waals surface area contributed by atoms with Gasteiger partial charge in [-0.15, -0.1) is 0 Å². The molecule has 0 saturated heterocycles. The lowest BCUT2D eigenvalue weighted by atomic mass is 9.92. The Hall–Kier alpha value is -2.58. The van der Waals surface area contributed by atoms with Crippen molar-refractivity contribution in [1.29, 1.82) is 0 Å². The molecule has 0 spiro atoms. The van der Waals surface area contributed by atoms with Crippen molar-refractivity contribution in [3.63, 3.8) is 0 Å². The number of rotatable bonds is 4. The van der Waals surface area contributed by atoms with Crippen LogP contribution in [-0.2, 0) is 10.0 Å². The van der Waals surface area contributed by atoms with E-state index in [0.717, 1.165) is 19.3 Å². The minimum absolute atomic E-state index is 0.135. The van der Waals surface area contributed by atoms with Crippen LogP contribution in [0.1, 0.15) is 19.3 Å². The van der Waals surface area contributed by atoms with Crippen molar-refractivity contribution in [3.8, 4) is 0 Å². The molecule has 2 heterocycles. The highest BCUT2D eigenvalue weighted by atomic mass is 32.2. The molecule has 28 heavy (non-hydrogen) atoms. The lowest BCUT2D eigenvalue weighted by molar-refractivity contribution is 0.107. The Kier molecular flexibility index (Phi) is 3.89. The monoisotopic (exact) mass is 398 g/mol. The molecule has 4 atom stereocenters. The van der Waals surface area contributed by atoms with Gasteiger partial charge in [-0.3, -0.25) is 0 Å². The SMILES string of the molecule is Nc1cnc2c(ccn2S(=O)(=O)c2ccccc2)c1N[C@@H]1C[C@@H]2C[C@H]1[C@@H](O)C2. The van der Waals surface area contributed by atoms with Crippen molar-refractivity contribution < 1.29 is 13.5 Å². The molecule has 1 aromatic carbocycles. The topological polar surface area (TPSA) is 110 Å². The third-order valence-corrected chi connectivity index (χ3v) is 7.80. The maximum Gasteiger partial charge on any atom is 0.269 e. The van der Waals surface area contributed by atoms with Crippen molar-refractivity contribution in [3.05, 3.63) is 48.8 Å². The van der Waals surface area contributed by atoms with Crippen molar-refractivity contribution in [2.75, 3.05) is 11.1 Å². The molecule has 146 valence electrons. The van der Waals surface area contributed by atoms with E-state index in [1.54, 1.807) is 36.4 Å². The van der Waals surface area contributed by atoms with Gasteiger partial charge in [0.15, 0.2) is 5.65 Å².